The zero-order chi connectivity index (χ0) is 25.7. The molecule has 186 valence electrons. The zero-order valence-electron chi connectivity index (χ0n) is 20.1. The van der Waals surface area contributed by atoms with E-state index in [1.807, 2.05) is 13.8 Å². The van der Waals surface area contributed by atoms with Crippen LogP contribution in [0.5, 0.6) is 5.75 Å². The van der Waals surface area contributed by atoms with Crippen LogP contribution in [-0.2, 0) is 13.5 Å². The van der Waals surface area contributed by atoms with Crippen molar-refractivity contribution in [2.75, 3.05) is 6.61 Å². The van der Waals surface area contributed by atoms with Gasteiger partial charge >= 0.3 is 0 Å². The summed E-state index contributed by atoms with van der Waals surface area (Å²) in [5.74, 6) is -0.315. The molecule has 2 N–H and O–H groups in total. The highest BCUT2D eigenvalue weighted by Gasteiger charge is 2.18. The van der Waals surface area contributed by atoms with Crippen molar-refractivity contribution in [1.82, 2.24) is 14.9 Å². The minimum Gasteiger partial charge on any atom is -0.489 e. The van der Waals surface area contributed by atoms with Crippen molar-refractivity contribution >= 4 is 23.3 Å². The molecule has 3 rings (SSSR count). The maximum atomic E-state index is 14.9. The smallest absolute Gasteiger partial charge is 0.251 e. The van der Waals surface area contributed by atoms with E-state index < -0.39 is 11.9 Å². The van der Waals surface area contributed by atoms with E-state index in [4.69, 9.17) is 16.3 Å². The van der Waals surface area contributed by atoms with Crippen LogP contribution in [-0.4, -0.2) is 45.1 Å². The summed E-state index contributed by atoms with van der Waals surface area (Å²) in [5.41, 5.74) is 1.64. The molecule has 0 aliphatic rings. The molecule has 9 heteroatoms. The van der Waals surface area contributed by atoms with Crippen LogP contribution in [0.1, 0.15) is 53.7 Å². The first-order valence-corrected chi connectivity index (χ1v) is 11.7. The minimum atomic E-state index is -0.489. The highest BCUT2D eigenvalue weighted by atomic mass is 35.5. The number of carbonyl (C=O) groups excluding carboxylic acids is 2. The number of ketones is 1. The van der Waals surface area contributed by atoms with Gasteiger partial charge in [0.25, 0.3) is 5.91 Å². The molecule has 0 radical (unpaired) electrons. The SMILES string of the molecule is CC(=O)c1nc(-c2ccc(CC(CCO)NC(=O)c3ccc(OC(C)C)c(Cl)c3)cc2F)cn1C. The molecule has 2 aromatic carbocycles. The Morgan fingerprint density at radius 3 is 2.54 bits per heavy atom. The van der Waals surface area contributed by atoms with Gasteiger partial charge in [-0.1, -0.05) is 17.7 Å². The van der Waals surface area contributed by atoms with Gasteiger partial charge in [-0.3, -0.25) is 9.59 Å². The maximum absolute atomic E-state index is 14.9. The normalized spacial score (nSPS) is 12.0. The fourth-order valence-electron chi connectivity index (χ4n) is 3.74. The van der Waals surface area contributed by atoms with Crippen LogP contribution in [0.2, 0.25) is 5.02 Å². The molecule has 0 saturated heterocycles. The molecule has 0 bridgehead atoms. The lowest BCUT2D eigenvalue weighted by molar-refractivity contribution is 0.0929. The average Bonchev–Trinajstić information content (AvgIpc) is 3.16. The Hall–Kier alpha value is -3.23. The topological polar surface area (TPSA) is 93.4 Å². The summed E-state index contributed by atoms with van der Waals surface area (Å²) in [5, 5.41) is 12.7. The highest BCUT2D eigenvalue weighted by molar-refractivity contribution is 6.32. The number of nitrogens with one attached hydrogen (secondary N) is 1. The van der Waals surface area contributed by atoms with E-state index in [9.17, 15) is 19.1 Å². The summed E-state index contributed by atoms with van der Waals surface area (Å²) >= 11 is 6.24. The third-order valence-electron chi connectivity index (χ3n) is 5.35. The number of rotatable bonds is 10. The molecule has 0 aliphatic heterocycles. The van der Waals surface area contributed by atoms with Gasteiger partial charge in [-0.25, -0.2) is 9.37 Å². The van der Waals surface area contributed by atoms with Crippen LogP contribution in [0, 0.1) is 5.82 Å². The van der Waals surface area contributed by atoms with Gasteiger partial charge < -0.3 is 19.7 Å². The number of ether oxygens (including phenoxy) is 1. The van der Waals surface area contributed by atoms with E-state index in [-0.39, 0.29) is 35.8 Å². The predicted octanol–water partition coefficient (Wildman–Crippen LogP) is 4.59. The quantitative estimate of drug-likeness (QED) is 0.396. The number of nitrogens with zero attached hydrogens (tertiary/aromatic N) is 2. The van der Waals surface area contributed by atoms with Gasteiger partial charge in [0.05, 0.1) is 16.8 Å². The summed E-state index contributed by atoms with van der Waals surface area (Å²) in [6, 6.07) is 9.08. The van der Waals surface area contributed by atoms with Crippen molar-refractivity contribution in [2.45, 2.75) is 45.8 Å². The van der Waals surface area contributed by atoms with Crippen LogP contribution < -0.4 is 10.1 Å². The van der Waals surface area contributed by atoms with Gasteiger partial charge in [0.15, 0.2) is 11.6 Å². The lowest BCUT2D eigenvalue weighted by Gasteiger charge is -2.19. The molecule has 0 aliphatic carbocycles. The second kappa shape index (κ2) is 11.5. The number of halogens is 2. The maximum Gasteiger partial charge on any atom is 0.251 e. The van der Waals surface area contributed by atoms with E-state index in [1.54, 1.807) is 42.1 Å². The molecule has 0 fully saturated rings. The van der Waals surface area contributed by atoms with Gasteiger partial charge in [-0.05, 0) is 62.6 Å². The fraction of sp³-hybridized carbons (Fsp3) is 0.346. The van der Waals surface area contributed by atoms with Gasteiger partial charge in [0, 0.05) is 43.9 Å². The Morgan fingerprint density at radius 2 is 1.97 bits per heavy atom. The number of carbonyl (C=O) groups is 2. The summed E-state index contributed by atoms with van der Waals surface area (Å²) in [6.45, 7) is 5.02. The van der Waals surface area contributed by atoms with Crippen molar-refractivity contribution in [3.8, 4) is 17.0 Å². The Balaban J connectivity index is 1.74. The molecule has 1 unspecified atom stereocenters. The van der Waals surface area contributed by atoms with Crippen molar-refractivity contribution in [1.29, 1.82) is 0 Å². The number of benzene rings is 2. The third kappa shape index (κ3) is 6.68. The van der Waals surface area contributed by atoms with Crippen LogP contribution in [0.4, 0.5) is 4.39 Å². The Kier molecular flexibility index (Phi) is 8.64. The molecule has 1 aromatic heterocycles. The minimum absolute atomic E-state index is 0.0539. The lowest BCUT2D eigenvalue weighted by atomic mass is 10.0. The van der Waals surface area contributed by atoms with Gasteiger partial charge in [-0.2, -0.15) is 0 Å². The van der Waals surface area contributed by atoms with Crippen molar-refractivity contribution in [3.05, 3.63) is 70.4 Å². The molecule has 0 spiro atoms. The van der Waals surface area contributed by atoms with E-state index in [2.05, 4.69) is 10.3 Å². The Labute approximate surface area is 208 Å². The van der Waals surface area contributed by atoms with E-state index in [1.165, 1.54) is 19.1 Å². The third-order valence-corrected chi connectivity index (χ3v) is 5.65. The number of Topliss-reactive ketones (excluding diaryl/α,β-unsaturated/α-hetero) is 1. The molecule has 0 saturated carbocycles. The Bertz CT molecular complexity index is 1230. The van der Waals surface area contributed by atoms with Gasteiger partial charge in [0.1, 0.15) is 11.6 Å². The first-order chi connectivity index (χ1) is 16.6. The molecular weight excluding hydrogens is 473 g/mol. The molecule has 1 amide bonds. The number of aliphatic hydroxyl groups excluding tert-OH is 1. The summed E-state index contributed by atoms with van der Waals surface area (Å²) in [4.78, 5) is 28.7. The van der Waals surface area contributed by atoms with E-state index >= 15 is 0 Å². The number of imidazole rings is 1. The molecule has 1 heterocycles. The molecular formula is C26H29ClFN3O4. The zero-order valence-corrected chi connectivity index (χ0v) is 20.9. The molecule has 7 nitrogen and oxygen atoms in total. The monoisotopic (exact) mass is 501 g/mol. The largest absolute Gasteiger partial charge is 0.489 e. The van der Waals surface area contributed by atoms with Gasteiger partial charge in [-0.15, -0.1) is 0 Å². The summed E-state index contributed by atoms with van der Waals surface area (Å²) in [6.07, 6.45) is 2.15. The van der Waals surface area contributed by atoms with Crippen molar-refractivity contribution in [2.24, 2.45) is 7.05 Å². The number of aryl methyl sites for hydroxylation is 1. The Morgan fingerprint density at radius 1 is 1.23 bits per heavy atom. The van der Waals surface area contributed by atoms with Crippen LogP contribution in [0.3, 0.4) is 0 Å². The standard InChI is InChI=1S/C26H29ClFN3O4/c1-15(2)35-24-8-6-18(13-21(24)27)26(34)29-19(9-10-32)11-17-5-7-20(22(28)12-17)23-14-31(4)25(30-23)16(3)33/h5-8,12-15,19,32H,9-11H2,1-4H3,(H,29,34). The van der Waals surface area contributed by atoms with Crippen molar-refractivity contribution in [3.63, 3.8) is 0 Å². The van der Waals surface area contributed by atoms with Crippen LogP contribution in [0.25, 0.3) is 11.3 Å². The number of hydrogen-bond donors (Lipinski definition) is 2. The number of hydrogen-bond acceptors (Lipinski definition) is 5. The number of aliphatic hydroxyl groups is 1. The first-order valence-electron chi connectivity index (χ1n) is 11.3. The lowest BCUT2D eigenvalue weighted by Crippen LogP contribution is -2.37. The van der Waals surface area contributed by atoms with Gasteiger partial charge in [0.2, 0.25) is 0 Å². The summed E-state index contributed by atoms with van der Waals surface area (Å²) < 4.78 is 22.1. The average molecular weight is 502 g/mol. The second-order valence-electron chi connectivity index (χ2n) is 8.63. The predicted molar refractivity (Wildman–Crippen MR) is 132 cm³/mol. The molecule has 35 heavy (non-hydrogen) atoms. The van der Waals surface area contributed by atoms with E-state index in [0.29, 0.717) is 40.4 Å². The number of amides is 1. The number of aromatic nitrogens is 2. The highest BCUT2D eigenvalue weighted by Crippen LogP contribution is 2.27. The molecule has 1 atom stereocenters. The first kappa shape index (κ1) is 26.4. The molecule has 3 aromatic rings. The van der Waals surface area contributed by atoms with Crippen LogP contribution in [0.15, 0.2) is 42.6 Å². The second-order valence-corrected chi connectivity index (χ2v) is 9.04. The van der Waals surface area contributed by atoms with E-state index in [0.717, 1.165) is 0 Å². The van der Waals surface area contributed by atoms with Crippen LogP contribution >= 0.6 is 11.6 Å². The van der Waals surface area contributed by atoms with Crippen molar-refractivity contribution < 1.29 is 23.8 Å². The summed E-state index contributed by atoms with van der Waals surface area (Å²) in [7, 11) is 1.68. The fourth-order valence-corrected chi connectivity index (χ4v) is 3.97.